The summed E-state index contributed by atoms with van der Waals surface area (Å²) in [6.07, 6.45) is 2.75. The van der Waals surface area contributed by atoms with Gasteiger partial charge in [0.05, 0.1) is 12.7 Å². The molecule has 2 aliphatic heterocycles. The fourth-order valence-corrected chi connectivity index (χ4v) is 2.23. The highest BCUT2D eigenvalue weighted by Crippen LogP contribution is 2.31. The number of epoxide rings is 1. The molecule has 4 nitrogen and oxygen atoms in total. The van der Waals surface area contributed by atoms with Crippen molar-refractivity contribution in [3.05, 3.63) is 48.0 Å². The highest BCUT2D eigenvalue weighted by molar-refractivity contribution is 6.12. The lowest BCUT2D eigenvalue weighted by Crippen LogP contribution is -2.35. The Labute approximate surface area is 105 Å². The lowest BCUT2D eigenvalue weighted by Gasteiger charge is -2.21. The molecule has 0 spiro atoms. The van der Waals surface area contributed by atoms with Gasteiger partial charge in [0, 0.05) is 24.6 Å². The summed E-state index contributed by atoms with van der Waals surface area (Å²) in [4.78, 5) is 24.4. The normalized spacial score (nSPS) is 23.6. The first-order chi connectivity index (χ1) is 8.75. The van der Waals surface area contributed by atoms with Gasteiger partial charge in [-0.1, -0.05) is 30.3 Å². The minimum atomic E-state index is -0.235. The minimum absolute atomic E-state index is 0.0685. The summed E-state index contributed by atoms with van der Waals surface area (Å²) in [5.74, 6) is -0.401. The van der Waals surface area contributed by atoms with Gasteiger partial charge >= 0.3 is 0 Å². The standard InChI is InChI=1S/C14H13NO3/c16-13-6-7-14(17)15(13)8-11(12-9-18-12)10-4-2-1-3-5-10/h1-7,11-12H,8-9H2. The molecule has 2 heterocycles. The molecule has 1 aromatic carbocycles. The van der Waals surface area contributed by atoms with Crippen LogP contribution in [-0.2, 0) is 14.3 Å². The molecule has 0 aromatic heterocycles. The Hall–Kier alpha value is -1.94. The third kappa shape index (κ3) is 2.07. The maximum Gasteiger partial charge on any atom is 0.253 e. The van der Waals surface area contributed by atoms with Crippen LogP contribution in [-0.4, -0.2) is 36.0 Å². The summed E-state index contributed by atoms with van der Waals surface area (Å²) in [6.45, 7) is 1.09. The predicted molar refractivity (Wildman–Crippen MR) is 64.8 cm³/mol. The molecule has 3 rings (SSSR count). The lowest BCUT2D eigenvalue weighted by molar-refractivity contribution is -0.137. The molecule has 4 heteroatoms. The average molecular weight is 243 g/mol. The molecule has 0 bridgehead atoms. The number of hydrogen-bond donors (Lipinski definition) is 0. The van der Waals surface area contributed by atoms with Crippen molar-refractivity contribution in [3.8, 4) is 0 Å². The first-order valence-electron chi connectivity index (χ1n) is 5.96. The number of hydrogen-bond acceptors (Lipinski definition) is 3. The van der Waals surface area contributed by atoms with Gasteiger partial charge < -0.3 is 4.74 Å². The van der Waals surface area contributed by atoms with Crippen LogP contribution in [0.4, 0.5) is 0 Å². The van der Waals surface area contributed by atoms with Gasteiger partial charge in [-0.25, -0.2) is 0 Å². The van der Waals surface area contributed by atoms with Gasteiger partial charge in [0.2, 0.25) is 0 Å². The van der Waals surface area contributed by atoms with E-state index in [-0.39, 0.29) is 23.8 Å². The minimum Gasteiger partial charge on any atom is -0.372 e. The second-order valence-electron chi connectivity index (χ2n) is 4.51. The number of ether oxygens (including phenoxy) is 1. The van der Waals surface area contributed by atoms with Gasteiger partial charge in [0.25, 0.3) is 11.8 Å². The molecule has 2 atom stereocenters. The summed E-state index contributed by atoms with van der Waals surface area (Å²) in [5, 5.41) is 0. The van der Waals surface area contributed by atoms with Crippen molar-refractivity contribution in [2.24, 2.45) is 0 Å². The van der Waals surface area contributed by atoms with Crippen molar-refractivity contribution >= 4 is 11.8 Å². The van der Waals surface area contributed by atoms with Crippen LogP contribution in [0, 0.1) is 0 Å². The number of imide groups is 1. The fourth-order valence-electron chi connectivity index (χ4n) is 2.23. The maximum atomic E-state index is 11.6. The number of rotatable bonds is 4. The number of amides is 2. The van der Waals surface area contributed by atoms with E-state index in [9.17, 15) is 9.59 Å². The summed E-state index contributed by atoms with van der Waals surface area (Å²) in [6, 6.07) is 9.87. The van der Waals surface area contributed by atoms with Gasteiger partial charge in [-0.15, -0.1) is 0 Å². The van der Waals surface area contributed by atoms with E-state index in [1.807, 2.05) is 30.3 Å². The van der Waals surface area contributed by atoms with Crippen molar-refractivity contribution in [3.63, 3.8) is 0 Å². The zero-order chi connectivity index (χ0) is 12.5. The highest BCUT2D eigenvalue weighted by Gasteiger charge is 2.37. The van der Waals surface area contributed by atoms with E-state index in [0.29, 0.717) is 13.2 Å². The Morgan fingerprint density at radius 3 is 2.33 bits per heavy atom. The molecular weight excluding hydrogens is 230 g/mol. The van der Waals surface area contributed by atoms with Crippen LogP contribution >= 0.6 is 0 Å². The number of carbonyl (C=O) groups excluding carboxylic acids is 2. The summed E-state index contributed by atoms with van der Waals surface area (Å²) < 4.78 is 5.34. The molecule has 0 N–H and O–H groups in total. The van der Waals surface area contributed by atoms with Crippen LogP contribution in [0.25, 0.3) is 0 Å². The quantitative estimate of drug-likeness (QED) is 0.587. The van der Waals surface area contributed by atoms with E-state index >= 15 is 0 Å². The largest absolute Gasteiger partial charge is 0.372 e. The van der Waals surface area contributed by atoms with Crippen molar-refractivity contribution in [2.45, 2.75) is 12.0 Å². The Morgan fingerprint density at radius 2 is 1.78 bits per heavy atom. The number of benzene rings is 1. The Morgan fingerprint density at radius 1 is 1.17 bits per heavy atom. The average Bonchev–Trinajstić information content (AvgIpc) is 3.18. The summed E-state index contributed by atoms with van der Waals surface area (Å²) in [5.41, 5.74) is 1.10. The molecule has 0 radical (unpaired) electrons. The molecular formula is C14H13NO3. The molecule has 0 saturated carbocycles. The van der Waals surface area contributed by atoms with Crippen LogP contribution < -0.4 is 0 Å². The summed E-state index contributed by atoms with van der Waals surface area (Å²) >= 11 is 0. The lowest BCUT2D eigenvalue weighted by atomic mass is 9.95. The topological polar surface area (TPSA) is 49.9 Å². The first-order valence-corrected chi connectivity index (χ1v) is 5.96. The van der Waals surface area contributed by atoms with E-state index in [1.54, 1.807) is 0 Å². The fraction of sp³-hybridized carbons (Fsp3) is 0.286. The van der Waals surface area contributed by atoms with Crippen molar-refractivity contribution in [2.75, 3.05) is 13.2 Å². The van der Waals surface area contributed by atoms with Crippen molar-refractivity contribution in [1.29, 1.82) is 0 Å². The third-order valence-electron chi connectivity index (χ3n) is 3.32. The second kappa shape index (κ2) is 4.38. The van der Waals surface area contributed by atoms with Gasteiger partial charge in [0.1, 0.15) is 0 Å². The van der Waals surface area contributed by atoms with Crippen LogP contribution in [0.3, 0.4) is 0 Å². The van der Waals surface area contributed by atoms with Crippen molar-refractivity contribution in [1.82, 2.24) is 4.90 Å². The summed E-state index contributed by atoms with van der Waals surface area (Å²) in [7, 11) is 0. The molecule has 0 aliphatic carbocycles. The highest BCUT2D eigenvalue weighted by atomic mass is 16.6. The van der Waals surface area contributed by atoms with Crippen LogP contribution in [0.1, 0.15) is 11.5 Å². The van der Waals surface area contributed by atoms with Crippen molar-refractivity contribution < 1.29 is 14.3 Å². The predicted octanol–water partition coefficient (Wildman–Crippen LogP) is 1.09. The Balaban J connectivity index is 1.80. The zero-order valence-corrected chi connectivity index (χ0v) is 9.78. The second-order valence-corrected chi connectivity index (χ2v) is 4.51. The van der Waals surface area contributed by atoms with Crippen LogP contribution in [0.15, 0.2) is 42.5 Å². The van der Waals surface area contributed by atoms with Gasteiger partial charge in [-0.2, -0.15) is 0 Å². The molecule has 1 fully saturated rings. The molecule has 2 aliphatic rings. The molecule has 1 saturated heterocycles. The molecule has 2 amide bonds. The van der Waals surface area contributed by atoms with Gasteiger partial charge in [0.15, 0.2) is 0 Å². The molecule has 2 unspecified atom stereocenters. The van der Waals surface area contributed by atoms with Crippen LogP contribution in [0.2, 0.25) is 0 Å². The molecule has 92 valence electrons. The van der Waals surface area contributed by atoms with E-state index in [2.05, 4.69) is 0 Å². The van der Waals surface area contributed by atoms with E-state index in [4.69, 9.17) is 4.74 Å². The van der Waals surface area contributed by atoms with Gasteiger partial charge in [-0.3, -0.25) is 14.5 Å². The smallest absolute Gasteiger partial charge is 0.253 e. The third-order valence-corrected chi connectivity index (χ3v) is 3.32. The van der Waals surface area contributed by atoms with Crippen LogP contribution in [0.5, 0.6) is 0 Å². The van der Waals surface area contributed by atoms with E-state index in [0.717, 1.165) is 5.56 Å². The maximum absolute atomic E-state index is 11.6. The number of nitrogens with zero attached hydrogens (tertiary/aromatic N) is 1. The first kappa shape index (κ1) is 11.2. The van der Waals surface area contributed by atoms with Gasteiger partial charge in [-0.05, 0) is 5.56 Å². The molecule has 1 aromatic rings. The monoisotopic (exact) mass is 243 g/mol. The van der Waals surface area contributed by atoms with E-state index < -0.39 is 0 Å². The Bertz CT molecular complexity index is 487. The van der Waals surface area contributed by atoms with E-state index in [1.165, 1.54) is 17.1 Å². The molecule has 18 heavy (non-hydrogen) atoms. The SMILES string of the molecule is O=C1C=CC(=O)N1CC(c1ccccc1)C1CO1. The number of carbonyl (C=O) groups is 2. The zero-order valence-electron chi connectivity index (χ0n) is 9.78. The Kier molecular flexibility index (Phi) is 2.72.